The van der Waals surface area contributed by atoms with Crippen molar-refractivity contribution >= 4 is 0 Å². The lowest BCUT2D eigenvalue weighted by Crippen LogP contribution is -2.30. The molecule has 0 aromatic carbocycles. The highest BCUT2D eigenvalue weighted by Crippen LogP contribution is 1.86. The molecule has 4 N–H and O–H groups in total. The molecular weight excluding hydrogens is 184 g/mol. The van der Waals surface area contributed by atoms with Gasteiger partial charge >= 0.3 is 0 Å². The molecule has 0 aliphatic heterocycles. The summed E-state index contributed by atoms with van der Waals surface area (Å²) in [4.78, 5) is 1.93. The molecule has 0 aromatic rings. The quantitative estimate of drug-likeness (QED) is 0.339. The van der Waals surface area contributed by atoms with E-state index in [4.69, 9.17) is 15.3 Å². The average Bonchev–Trinajstić information content (AvgIpc) is 2.18. The minimum Gasteiger partial charge on any atom is -0.395 e. The van der Waals surface area contributed by atoms with Crippen LogP contribution in [0.2, 0.25) is 0 Å². The molecule has 0 saturated carbocycles. The van der Waals surface area contributed by atoms with E-state index in [-0.39, 0.29) is 19.8 Å². The average molecular weight is 204 g/mol. The Balaban J connectivity index is 3.52. The van der Waals surface area contributed by atoms with Gasteiger partial charge < -0.3 is 20.6 Å². The SMILES string of the molecule is OCCN/C=C/CN(CCO)CCO. The van der Waals surface area contributed by atoms with Crippen molar-refractivity contribution in [3.05, 3.63) is 12.3 Å². The van der Waals surface area contributed by atoms with Crippen molar-refractivity contribution in [1.29, 1.82) is 0 Å². The molecule has 0 radical (unpaired) electrons. The zero-order valence-electron chi connectivity index (χ0n) is 8.39. The first-order chi connectivity index (χ1) is 6.85. The van der Waals surface area contributed by atoms with E-state index in [0.717, 1.165) is 0 Å². The number of nitrogens with zero attached hydrogens (tertiary/aromatic N) is 1. The van der Waals surface area contributed by atoms with E-state index < -0.39 is 0 Å². The second kappa shape index (κ2) is 10.5. The van der Waals surface area contributed by atoms with Gasteiger partial charge in [-0.1, -0.05) is 6.08 Å². The van der Waals surface area contributed by atoms with Crippen LogP contribution in [0.5, 0.6) is 0 Å². The molecule has 0 aliphatic rings. The first kappa shape index (κ1) is 13.4. The summed E-state index contributed by atoms with van der Waals surface area (Å²) in [6.07, 6.45) is 3.65. The predicted octanol–water partition coefficient (Wildman–Crippen LogP) is -1.63. The molecule has 5 heteroatoms. The van der Waals surface area contributed by atoms with Gasteiger partial charge in [-0.15, -0.1) is 0 Å². The Bertz CT molecular complexity index is 136. The predicted molar refractivity (Wildman–Crippen MR) is 54.8 cm³/mol. The molecular formula is C9H20N2O3. The van der Waals surface area contributed by atoms with E-state index in [2.05, 4.69) is 5.32 Å². The zero-order valence-corrected chi connectivity index (χ0v) is 8.39. The summed E-state index contributed by atoms with van der Waals surface area (Å²) in [6.45, 7) is 2.64. The van der Waals surface area contributed by atoms with Crippen LogP contribution in [0.4, 0.5) is 0 Å². The molecule has 5 nitrogen and oxygen atoms in total. The van der Waals surface area contributed by atoms with Crippen molar-refractivity contribution in [3.8, 4) is 0 Å². The lowest BCUT2D eigenvalue weighted by Gasteiger charge is -2.17. The molecule has 0 aliphatic carbocycles. The van der Waals surface area contributed by atoms with Crippen LogP contribution in [0.3, 0.4) is 0 Å². The summed E-state index contributed by atoms with van der Waals surface area (Å²) >= 11 is 0. The fraction of sp³-hybridized carbons (Fsp3) is 0.778. The highest BCUT2D eigenvalue weighted by atomic mass is 16.3. The van der Waals surface area contributed by atoms with Crippen molar-refractivity contribution in [1.82, 2.24) is 10.2 Å². The molecule has 14 heavy (non-hydrogen) atoms. The van der Waals surface area contributed by atoms with Crippen molar-refractivity contribution in [2.24, 2.45) is 0 Å². The molecule has 0 bridgehead atoms. The maximum atomic E-state index is 8.71. The molecule has 0 rings (SSSR count). The third-order valence-electron chi connectivity index (χ3n) is 1.69. The number of aliphatic hydroxyl groups is 3. The van der Waals surface area contributed by atoms with Gasteiger partial charge in [-0.05, 0) is 6.20 Å². The van der Waals surface area contributed by atoms with Crippen LogP contribution in [0, 0.1) is 0 Å². The second-order valence-electron chi connectivity index (χ2n) is 2.83. The summed E-state index contributed by atoms with van der Waals surface area (Å²) in [5.41, 5.74) is 0. The van der Waals surface area contributed by atoms with Gasteiger partial charge in [0.1, 0.15) is 0 Å². The monoisotopic (exact) mass is 204 g/mol. The lowest BCUT2D eigenvalue weighted by molar-refractivity contribution is 0.172. The van der Waals surface area contributed by atoms with Gasteiger partial charge in [0.05, 0.1) is 19.8 Å². The fourth-order valence-corrected chi connectivity index (χ4v) is 1.01. The molecule has 0 aromatic heterocycles. The third-order valence-corrected chi connectivity index (χ3v) is 1.69. The molecule has 0 amide bonds. The first-order valence-corrected chi connectivity index (χ1v) is 4.78. The van der Waals surface area contributed by atoms with Crippen molar-refractivity contribution < 1.29 is 15.3 Å². The Hall–Kier alpha value is -0.620. The topological polar surface area (TPSA) is 76.0 Å². The van der Waals surface area contributed by atoms with Gasteiger partial charge in [-0.25, -0.2) is 0 Å². The van der Waals surface area contributed by atoms with Crippen LogP contribution in [0.15, 0.2) is 12.3 Å². The Morgan fingerprint density at radius 1 is 1.00 bits per heavy atom. The Labute approximate surface area is 84.7 Å². The highest BCUT2D eigenvalue weighted by molar-refractivity contribution is 4.82. The van der Waals surface area contributed by atoms with Crippen LogP contribution in [-0.4, -0.2) is 66.2 Å². The van der Waals surface area contributed by atoms with Gasteiger partial charge in [0.15, 0.2) is 0 Å². The maximum absolute atomic E-state index is 8.71. The van der Waals surface area contributed by atoms with Crippen LogP contribution >= 0.6 is 0 Å². The largest absolute Gasteiger partial charge is 0.395 e. The van der Waals surface area contributed by atoms with Gasteiger partial charge in [-0.2, -0.15) is 0 Å². The second-order valence-corrected chi connectivity index (χ2v) is 2.83. The molecule has 0 atom stereocenters. The molecule has 84 valence electrons. The molecule has 0 saturated heterocycles. The van der Waals surface area contributed by atoms with Crippen LogP contribution in [0.1, 0.15) is 0 Å². The van der Waals surface area contributed by atoms with Crippen molar-refractivity contribution in [2.45, 2.75) is 0 Å². The number of hydrogen-bond donors (Lipinski definition) is 4. The van der Waals surface area contributed by atoms with Crippen molar-refractivity contribution in [3.63, 3.8) is 0 Å². The number of aliphatic hydroxyl groups excluding tert-OH is 3. The lowest BCUT2D eigenvalue weighted by atomic mass is 10.4. The maximum Gasteiger partial charge on any atom is 0.0603 e. The van der Waals surface area contributed by atoms with Gasteiger partial charge in [0.2, 0.25) is 0 Å². The Morgan fingerprint density at radius 3 is 2.14 bits per heavy atom. The van der Waals surface area contributed by atoms with Crippen LogP contribution < -0.4 is 5.32 Å². The Morgan fingerprint density at radius 2 is 1.64 bits per heavy atom. The minimum atomic E-state index is 0.0951. The van der Waals surface area contributed by atoms with Crippen LogP contribution in [0.25, 0.3) is 0 Å². The number of nitrogens with one attached hydrogen (secondary N) is 1. The van der Waals surface area contributed by atoms with Gasteiger partial charge in [0, 0.05) is 26.2 Å². The van der Waals surface area contributed by atoms with E-state index in [9.17, 15) is 0 Å². The summed E-state index contributed by atoms with van der Waals surface area (Å²) in [5.74, 6) is 0. The van der Waals surface area contributed by atoms with E-state index in [1.807, 2.05) is 11.0 Å². The van der Waals surface area contributed by atoms with Gasteiger partial charge in [-0.3, -0.25) is 4.90 Å². The van der Waals surface area contributed by atoms with E-state index >= 15 is 0 Å². The molecule has 0 heterocycles. The normalized spacial score (nSPS) is 11.4. The minimum absolute atomic E-state index is 0.0951. The third kappa shape index (κ3) is 8.00. The molecule has 0 spiro atoms. The van der Waals surface area contributed by atoms with E-state index in [1.165, 1.54) is 0 Å². The molecule has 0 unspecified atom stereocenters. The highest BCUT2D eigenvalue weighted by Gasteiger charge is 1.99. The summed E-state index contributed by atoms with van der Waals surface area (Å²) in [5, 5.41) is 28.8. The Kier molecular flexibility index (Phi) is 10.00. The van der Waals surface area contributed by atoms with Crippen molar-refractivity contribution in [2.75, 3.05) is 46.0 Å². The smallest absolute Gasteiger partial charge is 0.0603 e. The summed E-state index contributed by atoms with van der Waals surface area (Å²) in [7, 11) is 0. The number of hydrogen-bond acceptors (Lipinski definition) is 5. The van der Waals surface area contributed by atoms with E-state index in [0.29, 0.717) is 26.2 Å². The first-order valence-electron chi connectivity index (χ1n) is 4.78. The fourth-order valence-electron chi connectivity index (χ4n) is 1.01. The van der Waals surface area contributed by atoms with Gasteiger partial charge in [0.25, 0.3) is 0 Å². The zero-order chi connectivity index (χ0) is 10.6. The van der Waals surface area contributed by atoms with E-state index in [1.54, 1.807) is 6.20 Å². The summed E-state index contributed by atoms with van der Waals surface area (Å²) in [6, 6.07) is 0. The summed E-state index contributed by atoms with van der Waals surface area (Å²) < 4.78 is 0. The number of rotatable bonds is 9. The standard InChI is InChI=1S/C9H20N2O3/c12-7-3-10-2-1-4-11(5-8-13)6-9-14/h1-2,10,12-14H,3-9H2/b2-1+. The molecule has 0 fully saturated rings. The van der Waals surface area contributed by atoms with Crippen LogP contribution in [-0.2, 0) is 0 Å².